The van der Waals surface area contributed by atoms with Crippen LogP contribution in [0.3, 0.4) is 0 Å². The van der Waals surface area contributed by atoms with Gasteiger partial charge in [-0.1, -0.05) is 19.9 Å². The average Bonchev–Trinajstić information content (AvgIpc) is 2.58. The molecule has 0 aliphatic heterocycles. The first kappa shape index (κ1) is 21.9. The highest BCUT2D eigenvalue weighted by Gasteiger charge is 2.37. The number of allylic oxidation sites excluding steroid dienone is 1. The molecule has 0 aliphatic carbocycles. The normalized spacial score (nSPS) is 13.6. The maximum absolute atomic E-state index is 11.6. The second kappa shape index (κ2) is 9.51. The summed E-state index contributed by atoms with van der Waals surface area (Å²) in [7, 11) is 3.21. The van der Waals surface area contributed by atoms with Crippen molar-refractivity contribution in [2.75, 3.05) is 20.8 Å². The minimum atomic E-state index is -0.790. The summed E-state index contributed by atoms with van der Waals surface area (Å²) >= 11 is 0. The van der Waals surface area contributed by atoms with Crippen LogP contribution in [0.1, 0.15) is 46.5 Å². The van der Waals surface area contributed by atoms with Gasteiger partial charge in [-0.15, -0.1) is 6.58 Å². The molecule has 0 aliphatic rings. The molecule has 0 aromatic heterocycles. The van der Waals surface area contributed by atoms with Crippen molar-refractivity contribution in [3.8, 4) is 17.2 Å². The van der Waals surface area contributed by atoms with Crippen LogP contribution in [0.2, 0.25) is 0 Å². The van der Waals surface area contributed by atoms with Crippen molar-refractivity contribution in [2.45, 2.75) is 46.5 Å². The molecule has 0 fully saturated rings. The van der Waals surface area contributed by atoms with E-state index < -0.39 is 11.4 Å². The van der Waals surface area contributed by atoms with Gasteiger partial charge in [0.1, 0.15) is 5.75 Å². The third-order valence-electron chi connectivity index (χ3n) is 4.61. The van der Waals surface area contributed by atoms with E-state index in [-0.39, 0.29) is 5.41 Å². The maximum Gasteiger partial charge on any atom is 0.309 e. The summed E-state index contributed by atoms with van der Waals surface area (Å²) < 4.78 is 16.4. The van der Waals surface area contributed by atoms with Gasteiger partial charge in [0.2, 0.25) is 0 Å². The predicted molar refractivity (Wildman–Crippen MR) is 103 cm³/mol. The maximum atomic E-state index is 11.6. The van der Waals surface area contributed by atoms with E-state index >= 15 is 0 Å². The molecule has 0 saturated heterocycles. The van der Waals surface area contributed by atoms with Crippen molar-refractivity contribution >= 4 is 5.97 Å². The van der Waals surface area contributed by atoms with Crippen LogP contribution in [0.4, 0.5) is 0 Å². The topological polar surface area (TPSA) is 65.0 Å². The molecule has 26 heavy (non-hydrogen) atoms. The van der Waals surface area contributed by atoms with Crippen molar-refractivity contribution < 1.29 is 24.1 Å². The van der Waals surface area contributed by atoms with Crippen molar-refractivity contribution in [3.63, 3.8) is 0 Å². The summed E-state index contributed by atoms with van der Waals surface area (Å²) in [5.74, 6) is 1.24. The van der Waals surface area contributed by atoms with Crippen LogP contribution in [0.5, 0.6) is 17.2 Å². The minimum absolute atomic E-state index is 0.113. The molecule has 0 spiro atoms. The molecule has 0 radical (unpaired) electrons. The lowest BCUT2D eigenvalue weighted by Gasteiger charge is -2.34. The van der Waals surface area contributed by atoms with Crippen molar-refractivity contribution in [1.82, 2.24) is 0 Å². The Morgan fingerprint density at radius 2 is 1.88 bits per heavy atom. The summed E-state index contributed by atoms with van der Waals surface area (Å²) in [6.45, 7) is 10.2. The van der Waals surface area contributed by atoms with Gasteiger partial charge in [-0.2, -0.15) is 0 Å². The third-order valence-corrected chi connectivity index (χ3v) is 4.61. The molecule has 5 nitrogen and oxygen atoms in total. The van der Waals surface area contributed by atoms with Gasteiger partial charge in [0.05, 0.1) is 26.2 Å². The number of carboxylic acids is 1. The van der Waals surface area contributed by atoms with Crippen LogP contribution >= 0.6 is 0 Å². The Morgan fingerprint density at radius 1 is 1.19 bits per heavy atom. The lowest BCUT2D eigenvalue weighted by molar-refractivity contribution is -0.149. The second-order valence-electron chi connectivity index (χ2n) is 7.67. The van der Waals surface area contributed by atoms with E-state index in [2.05, 4.69) is 20.4 Å². The molecule has 1 aromatic carbocycles. The van der Waals surface area contributed by atoms with E-state index in [1.807, 2.05) is 12.1 Å². The summed E-state index contributed by atoms with van der Waals surface area (Å²) in [4.78, 5) is 11.6. The molecular formula is C21H32O5. The molecule has 1 unspecified atom stereocenters. The number of aliphatic carboxylic acids is 1. The van der Waals surface area contributed by atoms with Gasteiger partial charge in [0.25, 0.3) is 0 Å². The van der Waals surface area contributed by atoms with E-state index in [1.54, 1.807) is 33.3 Å². The molecular weight excluding hydrogens is 332 g/mol. The Bertz CT molecular complexity index is 608. The van der Waals surface area contributed by atoms with E-state index in [4.69, 9.17) is 14.2 Å². The zero-order valence-electron chi connectivity index (χ0n) is 16.6. The van der Waals surface area contributed by atoms with Crippen molar-refractivity contribution in [1.29, 1.82) is 0 Å². The Morgan fingerprint density at radius 3 is 2.42 bits per heavy atom. The molecule has 1 atom stereocenters. The fraction of sp³-hybridized carbons (Fsp3) is 0.571. The van der Waals surface area contributed by atoms with Crippen molar-refractivity contribution in [3.05, 3.63) is 30.9 Å². The number of methoxy groups -OCH3 is 2. The summed E-state index contributed by atoms with van der Waals surface area (Å²) in [6.07, 6.45) is 4.41. The monoisotopic (exact) mass is 364 g/mol. The van der Waals surface area contributed by atoms with Crippen LogP contribution in [0.25, 0.3) is 0 Å². The molecule has 1 N–H and O–H groups in total. The predicted octanol–water partition coefficient (Wildman–Crippen LogP) is 4.95. The van der Waals surface area contributed by atoms with Gasteiger partial charge in [-0.25, -0.2) is 0 Å². The standard InChI is InChI=1S/C21H32O5/c1-7-11-21(4,19(22)23)15-20(2,3)12-8-13-26-18-14-16(24-5)9-10-17(18)25-6/h7,9-10,14H,1,8,11-13,15H2,2-6H3,(H,22,23). The SMILES string of the molecule is C=CCC(C)(CC(C)(C)CCCOc1cc(OC)ccc1OC)C(=O)O. The van der Waals surface area contributed by atoms with Crippen LogP contribution in [0, 0.1) is 10.8 Å². The van der Waals surface area contributed by atoms with Gasteiger partial charge in [-0.05, 0) is 50.2 Å². The first-order valence-corrected chi connectivity index (χ1v) is 8.86. The van der Waals surface area contributed by atoms with Crippen LogP contribution < -0.4 is 14.2 Å². The average molecular weight is 364 g/mol. The highest BCUT2D eigenvalue weighted by atomic mass is 16.5. The quantitative estimate of drug-likeness (QED) is 0.420. The van der Waals surface area contributed by atoms with E-state index in [0.717, 1.165) is 12.8 Å². The Hall–Kier alpha value is -2.17. The first-order valence-electron chi connectivity index (χ1n) is 8.86. The summed E-state index contributed by atoms with van der Waals surface area (Å²) in [5, 5.41) is 9.56. The van der Waals surface area contributed by atoms with Gasteiger partial charge in [0, 0.05) is 6.07 Å². The molecule has 0 bridgehead atoms. The third kappa shape index (κ3) is 6.28. The molecule has 1 rings (SSSR count). The van der Waals surface area contributed by atoms with Gasteiger partial charge >= 0.3 is 5.97 Å². The van der Waals surface area contributed by atoms with Gasteiger partial charge in [0.15, 0.2) is 11.5 Å². The lowest BCUT2D eigenvalue weighted by Crippen LogP contribution is -2.33. The van der Waals surface area contributed by atoms with Gasteiger partial charge in [-0.3, -0.25) is 4.79 Å². The van der Waals surface area contributed by atoms with Crippen LogP contribution in [-0.4, -0.2) is 31.9 Å². The summed E-state index contributed by atoms with van der Waals surface area (Å²) in [6, 6.07) is 5.43. The number of hydrogen-bond acceptors (Lipinski definition) is 4. The minimum Gasteiger partial charge on any atom is -0.497 e. The zero-order chi connectivity index (χ0) is 19.8. The largest absolute Gasteiger partial charge is 0.497 e. The zero-order valence-corrected chi connectivity index (χ0v) is 16.6. The Kier molecular flexibility index (Phi) is 8.00. The smallest absolute Gasteiger partial charge is 0.309 e. The van der Waals surface area contributed by atoms with Crippen LogP contribution in [-0.2, 0) is 4.79 Å². The Balaban J connectivity index is 2.61. The highest BCUT2D eigenvalue weighted by Crippen LogP contribution is 2.40. The lowest BCUT2D eigenvalue weighted by atomic mass is 9.70. The molecule has 0 heterocycles. The van der Waals surface area contributed by atoms with Crippen LogP contribution in [0.15, 0.2) is 30.9 Å². The fourth-order valence-electron chi connectivity index (χ4n) is 3.33. The van der Waals surface area contributed by atoms with Gasteiger partial charge < -0.3 is 19.3 Å². The van der Waals surface area contributed by atoms with E-state index in [1.165, 1.54) is 0 Å². The fourth-order valence-corrected chi connectivity index (χ4v) is 3.33. The summed E-state index contributed by atoms with van der Waals surface area (Å²) in [5.41, 5.74) is -0.903. The Labute approximate surface area is 157 Å². The molecule has 0 saturated carbocycles. The van der Waals surface area contributed by atoms with E-state index in [0.29, 0.717) is 36.7 Å². The second-order valence-corrected chi connectivity index (χ2v) is 7.67. The molecule has 146 valence electrons. The van der Waals surface area contributed by atoms with Crippen molar-refractivity contribution in [2.24, 2.45) is 10.8 Å². The number of ether oxygens (including phenoxy) is 3. The number of carboxylic acid groups (broad SMARTS) is 1. The molecule has 0 amide bonds. The number of carbonyl (C=O) groups is 1. The first-order chi connectivity index (χ1) is 12.2. The number of rotatable bonds is 12. The highest BCUT2D eigenvalue weighted by molar-refractivity contribution is 5.74. The molecule has 5 heteroatoms. The number of hydrogen-bond donors (Lipinski definition) is 1. The molecule has 1 aromatic rings. The number of benzene rings is 1. The van der Waals surface area contributed by atoms with E-state index in [9.17, 15) is 9.90 Å².